The number of benzene rings is 1. The number of aryl methyl sites for hydroxylation is 1. The van der Waals surface area contributed by atoms with E-state index in [-0.39, 0.29) is 5.82 Å². The van der Waals surface area contributed by atoms with Gasteiger partial charge in [-0.15, -0.1) is 11.6 Å². The zero-order valence-electron chi connectivity index (χ0n) is 8.13. The molecule has 4 heteroatoms. The molecule has 0 aliphatic carbocycles. The number of rotatable bonds is 2. The lowest BCUT2D eigenvalue weighted by Gasteiger charge is -1.98. The van der Waals surface area contributed by atoms with Gasteiger partial charge in [0.2, 0.25) is 0 Å². The van der Waals surface area contributed by atoms with Crippen LogP contribution in [0.15, 0.2) is 28.8 Å². The molecule has 1 aromatic carbocycles. The number of hydrogen-bond donors (Lipinski definition) is 0. The van der Waals surface area contributed by atoms with Crippen molar-refractivity contribution in [2.45, 2.75) is 12.8 Å². The van der Waals surface area contributed by atoms with Crippen LogP contribution >= 0.6 is 11.6 Å². The molecule has 0 saturated heterocycles. The van der Waals surface area contributed by atoms with E-state index < -0.39 is 0 Å². The second-order valence-electron chi connectivity index (χ2n) is 3.28. The van der Waals surface area contributed by atoms with Gasteiger partial charge in [-0.05, 0) is 30.7 Å². The van der Waals surface area contributed by atoms with Crippen LogP contribution < -0.4 is 0 Å². The largest absolute Gasteiger partial charge is 0.356 e. The van der Waals surface area contributed by atoms with Gasteiger partial charge < -0.3 is 4.52 Å². The molecule has 0 aliphatic heterocycles. The molecule has 78 valence electrons. The molecule has 0 saturated carbocycles. The molecule has 0 fully saturated rings. The fraction of sp³-hybridized carbons (Fsp3) is 0.182. The van der Waals surface area contributed by atoms with Crippen LogP contribution in [0.3, 0.4) is 0 Å². The number of halogens is 2. The van der Waals surface area contributed by atoms with Crippen molar-refractivity contribution >= 4 is 11.6 Å². The van der Waals surface area contributed by atoms with E-state index in [2.05, 4.69) is 5.16 Å². The standard InChI is InChI=1S/C11H9ClFNO/c1-7-4-8(2-3-10(7)13)11-5-9(6-12)14-15-11/h2-5H,6H2,1H3. The zero-order chi connectivity index (χ0) is 10.8. The first-order valence-corrected chi connectivity index (χ1v) is 5.02. The summed E-state index contributed by atoms with van der Waals surface area (Å²) in [5.41, 5.74) is 2.06. The van der Waals surface area contributed by atoms with Gasteiger partial charge in [0.05, 0.1) is 11.6 Å². The average Bonchev–Trinajstić information content (AvgIpc) is 2.70. The fourth-order valence-corrected chi connectivity index (χ4v) is 1.43. The van der Waals surface area contributed by atoms with Gasteiger partial charge in [0.1, 0.15) is 5.82 Å². The predicted molar refractivity (Wildman–Crippen MR) is 56.2 cm³/mol. The highest BCUT2D eigenvalue weighted by Gasteiger charge is 2.07. The number of nitrogens with zero attached hydrogens (tertiary/aromatic N) is 1. The quantitative estimate of drug-likeness (QED) is 0.731. The molecular formula is C11H9ClFNO. The van der Waals surface area contributed by atoms with Crippen LogP contribution in [-0.2, 0) is 5.88 Å². The maximum atomic E-state index is 13.0. The van der Waals surface area contributed by atoms with E-state index >= 15 is 0 Å². The first-order valence-electron chi connectivity index (χ1n) is 4.49. The Hall–Kier alpha value is -1.35. The average molecular weight is 226 g/mol. The van der Waals surface area contributed by atoms with E-state index in [0.29, 0.717) is 22.9 Å². The van der Waals surface area contributed by atoms with Crippen molar-refractivity contribution in [1.29, 1.82) is 0 Å². The summed E-state index contributed by atoms with van der Waals surface area (Å²) >= 11 is 5.60. The van der Waals surface area contributed by atoms with Crippen molar-refractivity contribution in [2.24, 2.45) is 0 Å². The monoisotopic (exact) mass is 225 g/mol. The highest BCUT2D eigenvalue weighted by Crippen LogP contribution is 2.23. The van der Waals surface area contributed by atoms with Crippen molar-refractivity contribution in [2.75, 3.05) is 0 Å². The summed E-state index contributed by atoms with van der Waals surface area (Å²) in [5, 5.41) is 3.76. The normalized spacial score (nSPS) is 10.6. The van der Waals surface area contributed by atoms with Gasteiger partial charge in [0.15, 0.2) is 5.76 Å². The van der Waals surface area contributed by atoms with Crippen LogP contribution in [0.5, 0.6) is 0 Å². The third-order valence-corrected chi connectivity index (χ3v) is 2.41. The Kier molecular flexibility index (Phi) is 2.73. The zero-order valence-corrected chi connectivity index (χ0v) is 8.88. The van der Waals surface area contributed by atoms with Crippen molar-refractivity contribution < 1.29 is 8.91 Å². The Morgan fingerprint density at radius 3 is 2.80 bits per heavy atom. The minimum absolute atomic E-state index is 0.226. The lowest BCUT2D eigenvalue weighted by molar-refractivity contribution is 0.426. The minimum Gasteiger partial charge on any atom is -0.356 e. The second-order valence-corrected chi connectivity index (χ2v) is 3.55. The number of hydrogen-bond acceptors (Lipinski definition) is 2. The van der Waals surface area contributed by atoms with E-state index in [0.717, 1.165) is 5.56 Å². The molecule has 0 spiro atoms. The van der Waals surface area contributed by atoms with Gasteiger partial charge in [-0.2, -0.15) is 0 Å². The molecular weight excluding hydrogens is 217 g/mol. The van der Waals surface area contributed by atoms with Gasteiger partial charge >= 0.3 is 0 Å². The Bertz CT molecular complexity index is 481. The number of aromatic nitrogens is 1. The smallest absolute Gasteiger partial charge is 0.167 e. The Morgan fingerprint density at radius 1 is 1.40 bits per heavy atom. The molecule has 0 aliphatic rings. The molecule has 2 nitrogen and oxygen atoms in total. The molecule has 2 aromatic rings. The molecule has 0 bridgehead atoms. The van der Waals surface area contributed by atoms with E-state index in [1.54, 1.807) is 25.1 Å². The van der Waals surface area contributed by atoms with Crippen LogP contribution in [0.2, 0.25) is 0 Å². The van der Waals surface area contributed by atoms with Gasteiger partial charge in [0, 0.05) is 11.6 Å². The highest BCUT2D eigenvalue weighted by atomic mass is 35.5. The summed E-state index contributed by atoms with van der Waals surface area (Å²) in [4.78, 5) is 0. The molecule has 0 radical (unpaired) electrons. The van der Waals surface area contributed by atoms with E-state index in [1.807, 2.05) is 0 Å². The molecule has 15 heavy (non-hydrogen) atoms. The first-order chi connectivity index (χ1) is 7.20. The van der Waals surface area contributed by atoms with Crippen LogP contribution in [0.1, 0.15) is 11.3 Å². The van der Waals surface area contributed by atoms with Gasteiger partial charge in [-0.25, -0.2) is 4.39 Å². The molecule has 0 atom stereocenters. The summed E-state index contributed by atoms with van der Waals surface area (Å²) in [6.07, 6.45) is 0. The summed E-state index contributed by atoms with van der Waals surface area (Å²) in [5.74, 6) is 0.688. The topological polar surface area (TPSA) is 26.0 Å². The summed E-state index contributed by atoms with van der Waals surface area (Å²) in [7, 11) is 0. The van der Waals surface area contributed by atoms with Crippen molar-refractivity contribution in [3.05, 3.63) is 41.3 Å². The van der Waals surface area contributed by atoms with Crippen molar-refractivity contribution in [1.82, 2.24) is 5.16 Å². The maximum absolute atomic E-state index is 13.0. The van der Waals surface area contributed by atoms with E-state index in [1.165, 1.54) is 6.07 Å². The molecule has 0 amide bonds. The van der Waals surface area contributed by atoms with Gasteiger partial charge in [-0.1, -0.05) is 5.16 Å². The first kappa shape index (κ1) is 10.2. The Labute approximate surface area is 91.7 Å². The molecule has 0 unspecified atom stereocenters. The van der Waals surface area contributed by atoms with Crippen molar-refractivity contribution in [3.8, 4) is 11.3 Å². The van der Waals surface area contributed by atoms with Crippen molar-refractivity contribution in [3.63, 3.8) is 0 Å². The summed E-state index contributed by atoms with van der Waals surface area (Å²) in [6.45, 7) is 1.71. The lowest BCUT2D eigenvalue weighted by atomic mass is 10.1. The molecule has 1 heterocycles. The SMILES string of the molecule is Cc1cc(-c2cc(CCl)no2)ccc1F. The van der Waals surface area contributed by atoms with Crippen LogP contribution in [-0.4, -0.2) is 5.16 Å². The minimum atomic E-state index is -0.226. The fourth-order valence-electron chi connectivity index (χ4n) is 1.31. The van der Waals surface area contributed by atoms with Crippen LogP contribution in [0.4, 0.5) is 4.39 Å². The van der Waals surface area contributed by atoms with E-state index in [9.17, 15) is 4.39 Å². The summed E-state index contributed by atoms with van der Waals surface area (Å²) < 4.78 is 18.1. The van der Waals surface area contributed by atoms with Crippen LogP contribution in [0.25, 0.3) is 11.3 Å². The van der Waals surface area contributed by atoms with Gasteiger partial charge in [0.25, 0.3) is 0 Å². The van der Waals surface area contributed by atoms with Crippen LogP contribution in [0, 0.1) is 12.7 Å². The number of alkyl halides is 1. The Morgan fingerprint density at radius 2 is 2.20 bits per heavy atom. The van der Waals surface area contributed by atoms with E-state index in [4.69, 9.17) is 16.1 Å². The highest BCUT2D eigenvalue weighted by molar-refractivity contribution is 6.16. The summed E-state index contributed by atoms with van der Waals surface area (Å²) in [6, 6.07) is 6.53. The molecule has 1 aromatic heterocycles. The predicted octanol–water partition coefficient (Wildman–Crippen LogP) is 3.53. The second kappa shape index (κ2) is 4.03. The molecule has 0 N–H and O–H groups in total. The lowest BCUT2D eigenvalue weighted by Crippen LogP contribution is -1.82. The maximum Gasteiger partial charge on any atom is 0.167 e. The third-order valence-electron chi connectivity index (χ3n) is 2.14. The Balaban J connectivity index is 2.40. The van der Waals surface area contributed by atoms with Gasteiger partial charge in [-0.3, -0.25) is 0 Å². The molecule has 2 rings (SSSR count). The third kappa shape index (κ3) is 2.02.